The Kier molecular flexibility index (Phi) is 4.34. The second kappa shape index (κ2) is 6.40. The molecule has 6 heteroatoms. The van der Waals surface area contributed by atoms with E-state index in [1.807, 2.05) is 4.90 Å². The molecule has 1 aliphatic heterocycles. The van der Waals surface area contributed by atoms with Gasteiger partial charge in [-0.3, -0.25) is 4.79 Å². The summed E-state index contributed by atoms with van der Waals surface area (Å²) >= 11 is 5.91. The van der Waals surface area contributed by atoms with Gasteiger partial charge in [-0.05, 0) is 36.2 Å². The fraction of sp³-hybridized carbons (Fsp3) is 0.375. The zero-order chi connectivity index (χ0) is 15.5. The van der Waals surface area contributed by atoms with Crippen molar-refractivity contribution in [1.82, 2.24) is 14.5 Å². The van der Waals surface area contributed by atoms with Crippen molar-refractivity contribution in [2.45, 2.75) is 13.5 Å². The van der Waals surface area contributed by atoms with Crippen LogP contribution in [0.25, 0.3) is 0 Å². The highest BCUT2D eigenvalue weighted by Crippen LogP contribution is 2.18. The van der Waals surface area contributed by atoms with Crippen LogP contribution in [0, 0.1) is 6.92 Å². The predicted octanol–water partition coefficient (Wildman–Crippen LogP) is 2.19. The smallest absolute Gasteiger partial charge is 0.242 e. The number of aromatic nitrogens is 2. The Balaban J connectivity index is 1.57. The van der Waals surface area contributed by atoms with E-state index in [0.29, 0.717) is 5.28 Å². The number of rotatable bonds is 3. The molecular formula is C16H19ClN4O. The third-order valence-electron chi connectivity index (χ3n) is 3.97. The lowest BCUT2D eigenvalue weighted by molar-refractivity contribution is -0.132. The van der Waals surface area contributed by atoms with Crippen LogP contribution < -0.4 is 4.90 Å². The molecule has 0 bridgehead atoms. The first kappa shape index (κ1) is 14.9. The highest BCUT2D eigenvalue weighted by Gasteiger charge is 2.21. The lowest BCUT2D eigenvalue weighted by atomic mass is 10.2. The Bertz CT molecular complexity index is 662. The molecule has 1 aromatic heterocycles. The van der Waals surface area contributed by atoms with E-state index >= 15 is 0 Å². The molecule has 1 fully saturated rings. The van der Waals surface area contributed by atoms with Crippen LogP contribution in [0.5, 0.6) is 0 Å². The number of hydrogen-bond acceptors (Lipinski definition) is 3. The molecule has 5 nitrogen and oxygen atoms in total. The highest BCUT2D eigenvalue weighted by atomic mass is 35.5. The van der Waals surface area contributed by atoms with E-state index in [1.54, 1.807) is 17.0 Å². The molecule has 0 aliphatic carbocycles. The number of aryl methyl sites for hydroxylation is 1. The van der Waals surface area contributed by atoms with Crippen LogP contribution in [0.4, 0.5) is 5.69 Å². The largest absolute Gasteiger partial charge is 0.368 e. The molecule has 0 spiro atoms. The van der Waals surface area contributed by atoms with Crippen molar-refractivity contribution in [2.24, 2.45) is 0 Å². The van der Waals surface area contributed by atoms with Gasteiger partial charge in [-0.15, -0.1) is 0 Å². The minimum atomic E-state index is 0.0868. The van der Waals surface area contributed by atoms with E-state index in [-0.39, 0.29) is 12.5 Å². The van der Waals surface area contributed by atoms with Gasteiger partial charge in [0.15, 0.2) is 0 Å². The van der Waals surface area contributed by atoms with Crippen molar-refractivity contribution in [3.8, 4) is 0 Å². The maximum absolute atomic E-state index is 12.3. The Morgan fingerprint density at radius 1 is 1.27 bits per heavy atom. The summed E-state index contributed by atoms with van der Waals surface area (Å²) < 4.78 is 1.66. The summed E-state index contributed by atoms with van der Waals surface area (Å²) in [4.78, 5) is 20.5. The van der Waals surface area contributed by atoms with Gasteiger partial charge in [0, 0.05) is 44.3 Å². The maximum Gasteiger partial charge on any atom is 0.242 e. The lowest BCUT2D eigenvalue weighted by Gasteiger charge is -2.36. The Morgan fingerprint density at radius 2 is 2.05 bits per heavy atom. The van der Waals surface area contributed by atoms with Gasteiger partial charge in [0.25, 0.3) is 0 Å². The number of halogens is 1. The number of nitrogens with zero attached hydrogens (tertiary/aromatic N) is 4. The van der Waals surface area contributed by atoms with Gasteiger partial charge >= 0.3 is 0 Å². The number of carbonyl (C=O) groups excluding carboxylic acids is 1. The van der Waals surface area contributed by atoms with Gasteiger partial charge in [-0.2, -0.15) is 0 Å². The number of anilines is 1. The Labute approximate surface area is 135 Å². The summed E-state index contributed by atoms with van der Waals surface area (Å²) in [6.07, 6.45) is 3.33. The quantitative estimate of drug-likeness (QED) is 0.871. The van der Waals surface area contributed by atoms with Gasteiger partial charge in [0.2, 0.25) is 11.2 Å². The molecule has 3 rings (SSSR count). The van der Waals surface area contributed by atoms with Crippen molar-refractivity contribution in [3.63, 3.8) is 0 Å². The fourth-order valence-electron chi connectivity index (χ4n) is 2.71. The van der Waals surface area contributed by atoms with Crippen LogP contribution in [-0.4, -0.2) is 46.5 Å². The first-order valence-corrected chi connectivity index (χ1v) is 7.77. The molecular weight excluding hydrogens is 300 g/mol. The third-order valence-corrected chi connectivity index (χ3v) is 4.28. The topological polar surface area (TPSA) is 41.4 Å². The lowest BCUT2D eigenvalue weighted by Crippen LogP contribution is -2.49. The van der Waals surface area contributed by atoms with E-state index in [9.17, 15) is 4.79 Å². The zero-order valence-corrected chi connectivity index (χ0v) is 13.3. The van der Waals surface area contributed by atoms with Crippen LogP contribution in [0.3, 0.4) is 0 Å². The van der Waals surface area contributed by atoms with Crippen molar-refractivity contribution >= 4 is 23.2 Å². The summed E-state index contributed by atoms with van der Waals surface area (Å²) in [5, 5.41) is 0.353. The molecule has 0 atom stereocenters. The van der Waals surface area contributed by atoms with E-state index in [0.717, 1.165) is 26.2 Å². The Hall–Kier alpha value is -2.01. The van der Waals surface area contributed by atoms with E-state index < -0.39 is 0 Å². The first-order chi connectivity index (χ1) is 10.6. The van der Waals surface area contributed by atoms with E-state index in [1.165, 1.54) is 11.3 Å². The molecule has 2 heterocycles. The second-order valence-electron chi connectivity index (χ2n) is 5.53. The molecule has 2 aromatic rings. The van der Waals surface area contributed by atoms with Gasteiger partial charge in [-0.25, -0.2) is 4.98 Å². The molecule has 1 aromatic carbocycles. The van der Waals surface area contributed by atoms with Crippen molar-refractivity contribution in [1.29, 1.82) is 0 Å². The minimum Gasteiger partial charge on any atom is -0.368 e. The summed E-state index contributed by atoms with van der Waals surface area (Å²) in [6.45, 7) is 5.53. The maximum atomic E-state index is 12.3. The third kappa shape index (κ3) is 3.25. The zero-order valence-electron chi connectivity index (χ0n) is 12.6. The summed E-state index contributed by atoms with van der Waals surface area (Å²) in [5.41, 5.74) is 2.48. The monoisotopic (exact) mass is 318 g/mol. The molecule has 1 amide bonds. The van der Waals surface area contributed by atoms with Gasteiger partial charge in [0.1, 0.15) is 6.54 Å². The molecule has 0 radical (unpaired) electrons. The van der Waals surface area contributed by atoms with Crippen LogP contribution >= 0.6 is 11.6 Å². The molecule has 22 heavy (non-hydrogen) atoms. The average molecular weight is 319 g/mol. The number of hydrogen-bond donors (Lipinski definition) is 0. The molecule has 1 saturated heterocycles. The average Bonchev–Trinajstić information content (AvgIpc) is 2.92. The van der Waals surface area contributed by atoms with Crippen molar-refractivity contribution in [3.05, 3.63) is 47.5 Å². The van der Waals surface area contributed by atoms with Crippen molar-refractivity contribution in [2.75, 3.05) is 31.1 Å². The summed E-state index contributed by atoms with van der Waals surface area (Å²) in [7, 11) is 0. The molecule has 0 unspecified atom stereocenters. The number of imidazole rings is 1. The predicted molar refractivity (Wildman–Crippen MR) is 87.2 cm³/mol. The number of piperazine rings is 1. The van der Waals surface area contributed by atoms with Gasteiger partial charge in [-0.1, -0.05) is 12.1 Å². The standard InChI is InChI=1S/C16H19ClN4O/c1-13-3-2-4-14(11-13)19-7-9-20(10-8-19)15(22)12-21-6-5-18-16(21)17/h2-6,11H,7-10,12H2,1H3. The number of amides is 1. The second-order valence-corrected chi connectivity index (χ2v) is 5.87. The van der Waals surface area contributed by atoms with Crippen LogP contribution in [0.1, 0.15) is 5.56 Å². The van der Waals surface area contributed by atoms with Gasteiger partial charge < -0.3 is 14.4 Å². The molecule has 0 N–H and O–H groups in total. The molecule has 116 valence electrons. The van der Waals surface area contributed by atoms with Crippen LogP contribution in [-0.2, 0) is 11.3 Å². The number of carbonyl (C=O) groups is 1. The Morgan fingerprint density at radius 3 is 2.68 bits per heavy atom. The first-order valence-electron chi connectivity index (χ1n) is 7.39. The SMILES string of the molecule is Cc1cccc(N2CCN(C(=O)Cn3ccnc3Cl)CC2)c1. The highest BCUT2D eigenvalue weighted by molar-refractivity contribution is 6.28. The van der Waals surface area contributed by atoms with E-state index in [4.69, 9.17) is 11.6 Å². The summed E-state index contributed by atoms with van der Waals surface area (Å²) in [6, 6.07) is 8.47. The van der Waals surface area contributed by atoms with Crippen LogP contribution in [0.15, 0.2) is 36.7 Å². The van der Waals surface area contributed by atoms with E-state index in [2.05, 4.69) is 41.1 Å². The number of benzene rings is 1. The summed E-state index contributed by atoms with van der Waals surface area (Å²) in [5.74, 6) is 0.0868. The van der Waals surface area contributed by atoms with Crippen molar-refractivity contribution < 1.29 is 4.79 Å². The fourth-order valence-corrected chi connectivity index (χ4v) is 2.89. The molecule has 0 saturated carbocycles. The molecule has 1 aliphatic rings. The van der Waals surface area contributed by atoms with Crippen LogP contribution in [0.2, 0.25) is 5.28 Å². The van der Waals surface area contributed by atoms with Gasteiger partial charge in [0.05, 0.1) is 0 Å². The normalized spacial score (nSPS) is 15.2. The minimum absolute atomic E-state index is 0.0868.